The van der Waals surface area contributed by atoms with Gasteiger partial charge in [-0.05, 0) is 41.3 Å². The van der Waals surface area contributed by atoms with Crippen LogP contribution >= 0.6 is 43.2 Å². The van der Waals surface area contributed by atoms with Gasteiger partial charge in [-0.2, -0.15) is 0 Å². The first-order chi connectivity index (χ1) is 7.72. The van der Waals surface area contributed by atoms with E-state index in [1.807, 2.05) is 16.3 Å². The van der Waals surface area contributed by atoms with Gasteiger partial charge in [-0.15, -0.1) is 11.3 Å². The largest absolute Gasteiger partial charge is 0.335 e. The zero-order valence-electron chi connectivity index (χ0n) is 8.79. The van der Waals surface area contributed by atoms with Gasteiger partial charge in [0.15, 0.2) is 0 Å². The van der Waals surface area contributed by atoms with E-state index in [-0.39, 0.29) is 5.91 Å². The molecular formula is C11H13Br2NOS. The van der Waals surface area contributed by atoms with E-state index < -0.39 is 0 Å². The molecule has 0 aliphatic heterocycles. The molecule has 2 nitrogen and oxygen atoms in total. The minimum atomic E-state index is 0.172. The summed E-state index contributed by atoms with van der Waals surface area (Å²) in [6.45, 7) is 0.803. The Morgan fingerprint density at radius 2 is 2.31 bits per heavy atom. The summed E-state index contributed by atoms with van der Waals surface area (Å²) in [5.74, 6) is 0.172. The number of hydrogen-bond acceptors (Lipinski definition) is 2. The van der Waals surface area contributed by atoms with Crippen LogP contribution in [0.1, 0.15) is 29.6 Å². The molecule has 1 saturated carbocycles. The van der Waals surface area contributed by atoms with Crippen molar-refractivity contribution in [2.24, 2.45) is 0 Å². The molecule has 0 N–H and O–H groups in total. The van der Waals surface area contributed by atoms with Crippen molar-refractivity contribution in [3.63, 3.8) is 0 Å². The Labute approximate surface area is 116 Å². The highest BCUT2D eigenvalue weighted by molar-refractivity contribution is 9.11. The predicted octanol–water partition coefficient (Wildman–Crippen LogP) is 3.90. The predicted molar refractivity (Wildman–Crippen MR) is 74.5 cm³/mol. The first-order valence-electron chi connectivity index (χ1n) is 5.33. The summed E-state index contributed by atoms with van der Waals surface area (Å²) in [5, 5.41) is 2.77. The maximum absolute atomic E-state index is 12.3. The Bertz CT molecular complexity index is 376. The zero-order valence-corrected chi connectivity index (χ0v) is 12.8. The molecule has 1 aromatic rings. The van der Waals surface area contributed by atoms with Gasteiger partial charge in [-0.3, -0.25) is 4.79 Å². The van der Waals surface area contributed by atoms with Crippen molar-refractivity contribution in [2.45, 2.75) is 25.3 Å². The van der Waals surface area contributed by atoms with Crippen LogP contribution in [0.4, 0.5) is 0 Å². The van der Waals surface area contributed by atoms with Crippen molar-refractivity contribution in [3.8, 4) is 0 Å². The molecule has 2 rings (SSSR count). The second-order valence-electron chi connectivity index (χ2n) is 3.91. The topological polar surface area (TPSA) is 20.3 Å². The number of carbonyl (C=O) groups is 1. The molecule has 1 amide bonds. The lowest BCUT2D eigenvalue weighted by atomic mass is 9.91. The van der Waals surface area contributed by atoms with Crippen LogP contribution in [0.3, 0.4) is 0 Å². The van der Waals surface area contributed by atoms with Crippen LogP contribution < -0.4 is 0 Å². The van der Waals surface area contributed by atoms with Gasteiger partial charge in [0.1, 0.15) is 0 Å². The third-order valence-corrected chi connectivity index (χ3v) is 4.78. The first kappa shape index (κ1) is 12.6. The van der Waals surface area contributed by atoms with E-state index in [1.165, 1.54) is 6.42 Å². The minimum absolute atomic E-state index is 0.172. The van der Waals surface area contributed by atoms with Crippen LogP contribution in [-0.4, -0.2) is 28.7 Å². The van der Waals surface area contributed by atoms with E-state index in [4.69, 9.17) is 0 Å². The number of carbonyl (C=O) groups excluding carboxylic acids is 1. The molecule has 16 heavy (non-hydrogen) atoms. The first-order valence-corrected chi connectivity index (χ1v) is 8.12. The van der Waals surface area contributed by atoms with Crippen LogP contribution in [0.15, 0.2) is 15.2 Å². The normalized spacial score (nSPS) is 15.9. The van der Waals surface area contributed by atoms with E-state index in [1.54, 1.807) is 11.3 Å². The zero-order chi connectivity index (χ0) is 11.5. The van der Waals surface area contributed by atoms with E-state index in [0.29, 0.717) is 6.04 Å². The molecule has 0 atom stereocenters. The van der Waals surface area contributed by atoms with E-state index >= 15 is 0 Å². The highest BCUT2D eigenvalue weighted by atomic mass is 79.9. The fraction of sp³-hybridized carbons (Fsp3) is 0.545. The molecule has 1 aromatic heterocycles. The second kappa shape index (κ2) is 5.65. The van der Waals surface area contributed by atoms with Crippen molar-refractivity contribution in [3.05, 3.63) is 20.8 Å². The van der Waals surface area contributed by atoms with Crippen LogP contribution in [0.25, 0.3) is 0 Å². The molecule has 0 spiro atoms. The number of thiophene rings is 1. The van der Waals surface area contributed by atoms with Crippen LogP contribution in [-0.2, 0) is 0 Å². The molecule has 0 aromatic carbocycles. The average molecular weight is 367 g/mol. The molecular weight excluding hydrogens is 354 g/mol. The quantitative estimate of drug-likeness (QED) is 0.740. The molecule has 1 fully saturated rings. The van der Waals surface area contributed by atoms with Gasteiger partial charge in [0.2, 0.25) is 0 Å². The maximum Gasteiger partial charge on any atom is 0.255 e. The summed E-state index contributed by atoms with van der Waals surface area (Å²) in [4.78, 5) is 14.3. The standard InChI is InChI=1S/C11H13Br2NOS/c12-4-5-14(9-2-1-3-9)11(15)8-6-10(13)16-7-8/h6-7,9H,1-5H2. The minimum Gasteiger partial charge on any atom is -0.335 e. The smallest absolute Gasteiger partial charge is 0.255 e. The molecule has 5 heteroatoms. The number of alkyl halides is 1. The highest BCUT2D eigenvalue weighted by Crippen LogP contribution is 2.28. The number of nitrogens with zero attached hydrogens (tertiary/aromatic N) is 1. The van der Waals surface area contributed by atoms with E-state index in [2.05, 4.69) is 31.9 Å². The molecule has 1 aliphatic carbocycles. The van der Waals surface area contributed by atoms with E-state index in [0.717, 1.165) is 34.1 Å². The SMILES string of the molecule is O=C(c1csc(Br)c1)N(CCBr)C1CCC1. The Morgan fingerprint density at radius 3 is 2.75 bits per heavy atom. The summed E-state index contributed by atoms with van der Waals surface area (Å²) < 4.78 is 1.02. The number of amides is 1. The Balaban J connectivity index is 2.09. The van der Waals surface area contributed by atoms with Gasteiger partial charge in [-0.1, -0.05) is 15.9 Å². The monoisotopic (exact) mass is 365 g/mol. The molecule has 0 unspecified atom stereocenters. The Kier molecular flexibility index (Phi) is 4.44. The fourth-order valence-electron chi connectivity index (χ4n) is 1.83. The van der Waals surface area contributed by atoms with Crippen molar-refractivity contribution in [1.82, 2.24) is 4.90 Å². The molecule has 1 heterocycles. The molecule has 0 radical (unpaired) electrons. The van der Waals surface area contributed by atoms with Crippen LogP contribution in [0.5, 0.6) is 0 Å². The van der Waals surface area contributed by atoms with Crippen molar-refractivity contribution in [2.75, 3.05) is 11.9 Å². The number of halogens is 2. The third kappa shape index (κ3) is 2.68. The van der Waals surface area contributed by atoms with Gasteiger partial charge in [0.05, 0.1) is 9.35 Å². The van der Waals surface area contributed by atoms with Crippen LogP contribution in [0.2, 0.25) is 0 Å². The summed E-state index contributed by atoms with van der Waals surface area (Å²) in [7, 11) is 0. The summed E-state index contributed by atoms with van der Waals surface area (Å²) >= 11 is 8.38. The molecule has 0 bridgehead atoms. The van der Waals surface area contributed by atoms with Crippen molar-refractivity contribution in [1.29, 1.82) is 0 Å². The molecule has 1 aliphatic rings. The number of rotatable bonds is 4. The Morgan fingerprint density at radius 1 is 1.56 bits per heavy atom. The third-order valence-electron chi connectivity index (χ3n) is 2.92. The van der Waals surface area contributed by atoms with Crippen molar-refractivity contribution >= 4 is 49.1 Å². The van der Waals surface area contributed by atoms with E-state index in [9.17, 15) is 4.79 Å². The highest BCUT2D eigenvalue weighted by Gasteiger charge is 2.29. The fourth-order valence-corrected chi connectivity index (χ4v) is 3.34. The maximum atomic E-state index is 12.3. The molecule has 0 saturated heterocycles. The second-order valence-corrected chi connectivity index (χ2v) is 7.00. The average Bonchev–Trinajstić information content (AvgIpc) is 2.60. The van der Waals surface area contributed by atoms with Gasteiger partial charge in [-0.25, -0.2) is 0 Å². The summed E-state index contributed by atoms with van der Waals surface area (Å²) in [6.07, 6.45) is 3.57. The Hall–Kier alpha value is 0.130. The summed E-state index contributed by atoms with van der Waals surface area (Å²) in [5.41, 5.74) is 0.810. The summed E-state index contributed by atoms with van der Waals surface area (Å²) in [6, 6.07) is 2.37. The molecule has 88 valence electrons. The van der Waals surface area contributed by atoms with Crippen LogP contribution in [0, 0.1) is 0 Å². The lowest BCUT2D eigenvalue weighted by Crippen LogP contribution is -2.45. The lowest BCUT2D eigenvalue weighted by molar-refractivity contribution is 0.0600. The van der Waals surface area contributed by atoms with Gasteiger partial charge >= 0.3 is 0 Å². The number of hydrogen-bond donors (Lipinski definition) is 0. The van der Waals surface area contributed by atoms with Crippen molar-refractivity contribution < 1.29 is 4.79 Å². The van der Waals surface area contributed by atoms with Gasteiger partial charge < -0.3 is 4.90 Å². The van der Waals surface area contributed by atoms with Gasteiger partial charge in [0, 0.05) is 23.3 Å². The van der Waals surface area contributed by atoms with Gasteiger partial charge in [0.25, 0.3) is 5.91 Å². The lowest BCUT2D eigenvalue weighted by Gasteiger charge is -2.37.